The first kappa shape index (κ1) is 44.2. The molecule has 0 aromatic rings. The van der Waals surface area contributed by atoms with E-state index in [9.17, 15) is 0 Å². The van der Waals surface area contributed by atoms with Crippen LogP contribution in [0.1, 0.15) is 0 Å². The first-order valence-electron chi connectivity index (χ1n) is 3.99. The maximum atomic E-state index is 8.83. The van der Waals surface area contributed by atoms with Gasteiger partial charge < -0.3 is 76.3 Å². The summed E-state index contributed by atoms with van der Waals surface area (Å²) in [7, 11) is 0. The van der Waals surface area contributed by atoms with Crippen LogP contribution in [0.4, 0.5) is 24.0 Å². The van der Waals surface area contributed by atoms with Gasteiger partial charge in [-0.25, -0.2) is 24.0 Å². The molecule has 0 unspecified atom stereocenters. The second-order valence-electron chi connectivity index (χ2n) is 1.75. The molecule has 0 aliphatic heterocycles. The fraction of sp³-hybridized carbons (Fsp3) is 0. The van der Waals surface area contributed by atoms with E-state index in [1.807, 2.05) is 0 Å². The molecule has 0 saturated carbocycles. The summed E-state index contributed by atoms with van der Waals surface area (Å²) in [6.45, 7) is 0. The predicted octanol–water partition coefficient (Wildman–Crippen LogP) is -5.98. The number of hydrogen-bond donors (Lipinski definition) is 5. The Bertz CT molecular complexity index is 288. The van der Waals surface area contributed by atoms with Gasteiger partial charge in [0, 0.05) is 17.4 Å². The fourth-order valence-electron chi connectivity index (χ4n) is 0. The van der Waals surface area contributed by atoms with E-state index in [1.54, 1.807) is 0 Å². The largest absolute Gasteiger partial charge is 2.00 e. The van der Waals surface area contributed by atoms with Gasteiger partial charge in [0.25, 0.3) is 0 Å². The Balaban J connectivity index is -0.0000000364. The van der Waals surface area contributed by atoms with Crippen molar-refractivity contribution in [3.05, 3.63) is 0 Å². The molecule has 0 heterocycles. The Labute approximate surface area is 171 Å². The predicted molar refractivity (Wildman–Crippen MR) is 57.1 cm³/mol. The van der Waals surface area contributed by atoms with Crippen LogP contribution < -0.4 is 26.3 Å². The summed E-state index contributed by atoms with van der Waals surface area (Å²) >= 11 is 0. The Morgan fingerprint density at radius 3 is 0.481 bits per heavy atom. The minimum absolute atomic E-state index is 0. The molecule has 0 aromatic carbocycles. The van der Waals surface area contributed by atoms with Crippen LogP contribution in [0.15, 0.2) is 0 Å². The van der Waals surface area contributed by atoms with E-state index in [-0.39, 0.29) is 40.4 Å². The molecule has 0 aliphatic carbocycles. The van der Waals surface area contributed by atoms with Crippen molar-refractivity contribution in [1.29, 1.82) is 0 Å². The Hall–Kier alpha value is -2.55. The van der Waals surface area contributed by atoms with Crippen molar-refractivity contribution in [2.75, 3.05) is 0 Å². The van der Waals surface area contributed by atoms with Crippen molar-refractivity contribution in [2.45, 2.75) is 0 Å². The molecule has 0 aromatic heterocycles. The Morgan fingerprint density at radius 1 is 0.444 bits per heavy atom. The molecule has 3 radical (unpaired) electrons. The van der Waals surface area contributed by atoms with Gasteiger partial charge in [-0.3, -0.25) is 0 Å². The summed E-state index contributed by atoms with van der Waals surface area (Å²) in [4.78, 5) is 56.2. The van der Waals surface area contributed by atoms with Crippen molar-refractivity contribution in [2.24, 2.45) is 0 Å². The number of carboxylic acid groups (broad SMARTS) is 5. The van der Waals surface area contributed by atoms with Crippen LogP contribution in [0.25, 0.3) is 0 Å². The van der Waals surface area contributed by atoms with Gasteiger partial charge in [0.05, 0.1) is 0 Å². The van der Waals surface area contributed by atoms with E-state index in [2.05, 4.69) is 24.4 Å². The minimum Gasteiger partial charge on any atom is -0.659 e. The third kappa shape index (κ3) is 194. The average Bonchev–Trinajstić information content (AvgIpc) is 2.56. The first-order valence-corrected chi connectivity index (χ1v) is 3.99. The normalized spacial score (nSPS) is 6.11. The van der Waals surface area contributed by atoms with Crippen molar-refractivity contribution in [1.82, 2.24) is 0 Å². The van der Waals surface area contributed by atoms with Gasteiger partial charge in [-0.15, -0.1) is 0 Å². The number of rotatable bonds is 0. The summed E-state index contributed by atoms with van der Waals surface area (Å²) in [5.41, 5.74) is 0. The SMILES string of the molecule is O=C(O)O[O-].O=C(O)O[O-].O=C(O)O[O-].O=C(O)O[O-].O=C(O)O[O-].[Al].[Mg+2]. The van der Waals surface area contributed by atoms with Gasteiger partial charge in [-0.2, -0.15) is 0 Å². The molecule has 153 valence electrons. The maximum absolute atomic E-state index is 8.83. The summed E-state index contributed by atoms with van der Waals surface area (Å²) in [5.74, 6) is 0. The van der Waals surface area contributed by atoms with Gasteiger partial charge >= 0.3 is 53.8 Å². The minimum atomic E-state index is -1.80. The fourth-order valence-corrected chi connectivity index (χ4v) is 0. The standard InChI is InChI=1S/5CH2O4.Al.Mg/c5*2-1(3)5-4;;/h5*4H,(H,2,3);;/q;;;;;;+2/p-5. The number of carbonyl (C=O) groups is 5. The molecule has 0 fully saturated rings. The van der Waals surface area contributed by atoms with Crippen LogP contribution in [0, 0.1) is 0 Å². The van der Waals surface area contributed by atoms with E-state index in [1.165, 1.54) is 0 Å². The van der Waals surface area contributed by atoms with Crippen LogP contribution in [-0.2, 0) is 24.4 Å². The third-order valence-electron chi connectivity index (χ3n) is 0.356. The second kappa shape index (κ2) is 38.8. The van der Waals surface area contributed by atoms with E-state index < -0.39 is 30.8 Å². The molecular formula is C5H5AlMgO20-3. The first-order chi connectivity index (χ1) is 11.4. The molecule has 20 nitrogen and oxygen atoms in total. The van der Waals surface area contributed by atoms with E-state index >= 15 is 0 Å². The molecule has 0 saturated heterocycles. The van der Waals surface area contributed by atoms with Gasteiger partial charge in [0.1, 0.15) is 0 Å². The average molecular weight is 436 g/mol. The molecule has 27 heavy (non-hydrogen) atoms. The second-order valence-corrected chi connectivity index (χ2v) is 1.75. The molecule has 0 bridgehead atoms. The third-order valence-corrected chi connectivity index (χ3v) is 0.356. The van der Waals surface area contributed by atoms with Crippen molar-refractivity contribution < 1.29 is 100 Å². The Morgan fingerprint density at radius 2 is 0.481 bits per heavy atom. The summed E-state index contributed by atoms with van der Waals surface area (Å²) in [6.07, 6.45) is -9.00. The molecule has 5 N–H and O–H groups in total. The molecular weight excluding hydrogens is 431 g/mol. The topological polar surface area (TPSA) is 348 Å². The van der Waals surface area contributed by atoms with Gasteiger partial charge in [0.2, 0.25) is 0 Å². The van der Waals surface area contributed by atoms with Gasteiger partial charge in [0.15, 0.2) is 0 Å². The zero-order chi connectivity index (χ0) is 21.4. The molecule has 22 heteroatoms. The zero-order valence-corrected chi connectivity index (χ0v) is 14.7. The van der Waals surface area contributed by atoms with Crippen LogP contribution >= 0.6 is 0 Å². The van der Waals surface area contributed by atoms with Crippen molar-refractivity contribution >= 4 is 71.2 Å². The smallest absolute Gasteiger partial charge is 0.659 e. The van der Waals surface area contributed by atoms with Crippen LogP contribution in [0.2, 0.25) is 0 Å². The van der Waals surface area contributed by atoms with Crippen molar-refractivity contribution in [3.8, 4) is 0 Å². The van der Waals surface area contributed by atoms with E-state index in [4.69, 9.17) is 75.8 Å². The maximum Gasteiger partial charge on any atom is 2.00 e. The van der Waals surface area contributed by atoms with Gasteiger partial charge in [-0.1, -0.05) is 0 Å². The van der Waals surface area contributed by atoms with E-state index in [0.717, 1.165) is 0 Å². The summed E-state index contributed by atoms with van der Waals surface area (Å²) < 4.78 is 0. The monoisotopic (exact) mass is 436 g/mol. The van der Waals surface area contributed by atoms with Gasteiger partial charge in [-0.05, 0) is 0 Å². The molecule has 0 amide bonds. The Kier molecular flexibility index (Phi) is 63.5. The quantitative estimate of drug-likeness (QED) is 0.134. The van der Waals surface area contributed by atoms with Crippen LogP contribution in [0.5, 0.6) is 0 Å². The molecule has 0 spiro atoms. The molecule has 0 rings (SSSR count). The van der Waals surface area contributed by atoms with Crippen LogP contribution in [0.3, 0.4) is 0 Å². The summed E-state index contributed by atoms with van der Waals surface area (Å²) in [5, 5.41) is 78.6. The molecule has 0 aliphatic rings. The number of hydrogen-bond acceptors (Lipinski definition) is 15. The van der Waals surface area contributed by atoms with E-state index in [0.29, 0.717) is 0 Å². The summed E-state index contributed by atoms with van der Waals surface area (Å²) in [6, 6.07) is 0. The zero-order valence-electron chi connectivity index (χ0n) is 12.1. The van der Waals surface area contributed by atoms with Crippen LogP contribution in [-0.4, -0.2) is 96.7 Å². The molecule has 0 atom stereocenters. The van der Waals surface area contributed by atoms with Crippen molar-refractivity contribution in [3.63, 3.8) is 0 Å².